The fourth-order valence-corrected chi connectivity index (χ4v) is 3.00. The van der Waals surface area contributed by atoms with E-state index in [0.717, 1.165) is 11.4 Å². The van der Waals surface area contributed by atoms with Crippen molar-refractivity contribution in [3.8, 4) is 0 Å². The highest BCUT2D eigenvalue weighted by Crippen LogP contribution is 2.26. The zero-order valence-electron chi connectivity index (χ0n) is 9.31. The van der Waals surface area contributed by atoms with Gasteiger partial charge in [-0.05, 0) is 25.0 Å². The van der Waals surface area contributed by atoms with Crippen molar-refractivity contribution in [1.82, 2.24) is 9.38 Å². The highest BCUT2D eigenvalue weighted by molar-refractivity contribution is 7.23. The fourth-order valence-electron chi connectivity index (χ4n) is 1.97. The van der Waals surface area contributed by atoms with Crippen LogP contribution in [0.5, 0.6) is 0 Å². The van der Waals surface area contributed by atoms with Crippen LogP contribution in [0.3, 0.4) is 0 Å². The number of fused-ring (bicyclic) bond motifs is 3. The second kappa shape index (κ2) is 3.91. The normalized spacial score (nSPS) is 11.6. The number of hydrogen-bond acceptors (Lipinski definition) is 2. The lowest BCUT2D eigenvalue weighted by atomic mass is 10.2. The summed E-state index contributed by atoms with van der Waals surface area (Å²) in [6.07, 6.45) is 5.73. The minimum atomic E-state index is 1.10. The van der Waals surface area contributed by atoms with E-state index in [4.69, 9.17) is 0 Å². The van der Waals surface area contributed by atoms with Crippen LogP contribution in [0.15, 0.2) is 30.5 Å². The molecule has 0 amide bonds. The molecule has 2 aromatic heterocycles. The van der Waals surface area contributed by atoms with Gasteiger partial charge in [0, 0.05) is 6.20 Å². The van der Waals surface area contributed by atoms with Crippen LogP contribution in [0.4, 0.5) is 0 Å². The van der Waals surface area contributed by atoms with E-state index in [1.54, 1.807) is 11.3 Å². The SMILES string of the molecule is CCCCc1cn2c(n1)sc1ccccc12. The van der Waals surface area contributed by atoms with Crippen LogP contribution >= 0.6 is 11.3 Å². The van der Waals surface area contributed by atoms with Gasteiger partial charge in [-0.25, -0.2) is 4.98 Å². The Morgan fingerprint density at radius 2 is 2.19 bits per heavy atom. The summed E-state index contributed by atoms with van der Waals surface area (Å²) in [7, 11) is 0. The van der Waals surface area contributed by atoms with E-state index in [1.807, 2.05) is 0 Å². The van der Waals surface area contributed by atoms with Crippen LogP contribution in [0.1, 0.15) is 25.5 Å². The van der Waals surface area contributed by atoms with E-state index in [1.165, 1.54) is 28.8 Å². The average Bonchev–Trinajstić information content (AvgIpc) is 2.83. The van der Waals surface area contributed by atoms with E-state index in [-0.39, 0.29) is 0 Å². The number of imidazole rings is 1. The Labute approximate surface area is 98.6 Å². The summed E-state index contributed by atoms with van der Waals surface area (Å²) in [6.45, 7) is 2.22. The van der Waals surface area contributed by atoms with E-state index in [2.05, 4.69) is 46.8 Å². The van der Waals surface area contributed by atoms with E-state index >= 15 is 0 Å². The highest BCUT2D eigenvalue weighted by Gasteiger charge is 2.07. The molecule has 3 aromatic rings. The van der Waals surface area contributed by atoms with Crippen molar-refractivity contribution < 1.29 is 0 Å². The van der Waals surface area contributed by atoms with Gasteiger partial charge >= 0.3 is 0 Å². The van der Waals surface area contributed by atoms with Crippen molar-refractivity contribution in [2.24, 2.45) is 0 Å². The van der Waals surface area contributed by atoms with Crippen molar-refractivity contribution in [2.45, 2.75) is 26.2 Å². The molecule has 82 valence electrons. The lowest BCUT2D eigenvalue weighted by Crippen LogP contribution is -1.83. The van der Waals surface area contributed by atoms with Crippen molar-refractivity contribution in [1.29, 1.82) is 0 Å². The van der Waals surface area contributed by atoms with Crippen molar-refractivity contribution >= 4 is 26.5 Å². The molecule has 2 nitrogen and oxygen atoms in total. The number of hydrogen-bond donors (Lipinski definition) is 0. The molecule has 1 aromatic carbocycles. The molecule has 0 N–H and O–H groups in total. The van der Waals surface area contributed by atoms with Gasteiger partial charge in [-0.3, -0.25) is 4.40 Å². The second-order valence-corrected chi connectivity index (χ2v) is 5.07. The van der Waals surface area contributed by atoms with Gasteiger partial charge < -0.3 is 0 Å². The lowest BCUT2D eigenvalue weighted by Gasteiger charge is -1.92. The summed E-state index contributed by atoms with van der Waals surface area (Å²) in [4.78, 5) is 5.79. The average molecular weight is 230 g/mol. The Kier molecular flexibility index (Phi) is 2.40. The maximum Gasteiger partial charge on any atom is 0.194 e. The molecule has 0 spiro atoms. The molecule has 0 saturated heterocycles. The molecule has 16 heavy (non-hydrogen) atoms. The fraction of sp³-hybridized carbons (Fsp3) is 0.308. The molecular formula is C13H14N2S. The standard InChI is InChI=1S/C13H14N2S/c1-2-3-6-10-9-15-11-7-4-5-8-12(11)16-13(15)14-10/h4-5,7-9H,2-3,6H2,1H3. The predicted molar refractivity (Wildman–Crippen MR) is 69.2 cm³/mol. The number of nitrogens with zero attached hydrogens (tertiary/aromatic N) is 2. The number of rotatable bonds is 3. The number of aryl methyl sites for hydroxylation is 1. The zero-order chi connectivity index (χ0) is 11.0. The van der Waals surface area contributed by atoms with E-state index in [9.17, 15) is 0 Å². The van der Waals surface area contributed by atoms with Gasteiger partial charge in [0.2, 0.25) is 0 Å². The lowest BCUT2D eigenvalue weighted by molar-refractivity contribution is 0.782. The summed E-state index contributed by atoms with van der Waals surface area (Å²) >= 11 is 1.77. The molecule has 0 bridgehead atoms. The largest absolute Gasteiger partial charge is 0.290 e. The summed E-state index contributed by atoms with van der Waals surface area (Å²) in [5, 5.41) is 0. The van der Waals surface area contributed by atoms with Gasteiger partial charge in [-0.1, -0.05) is 36.8 Å². The summed E-state index contributed by atoms with van der Waals surface area (Å²) in [5.41, 5.74) is 2.50. The molecule has 0 saturated carbocycles. The minimum Gasteiger partial charge on any atom is -0.290 e. The van der Waals surface area contributed by atoms with E-state index < -0.39 is 0 Å². The molecule has 0 radical (unpaired) electrons. The van der Waals surface area contributed by atoms with Gasteiger partial charge in [0.15, 0.2) is 4.96 Å². The number of thiazole rings is 1. The molecule has 0 fully saturated rings. The Balaban J connectivity index is 2.11. The van der Waals surface area contributed by atoms with Crippen molar-refractivity contribution in [2.75, 3.05) is 0 Å². The van der Waals surface area contributed by atoms with Crippen molar-refractivity contribution in [3.63, 3.8) is 0 Å². The first kappa shape index (κ1) is 9.85. The maximum absolute atomic E-state index is 4.67. The third-order valence-corrected chi connectivity index (χ3v) is 3.87. The highest BCUT2D eigenvalue weighted by atomic mass is 32.1. The molecule has 0 aliphatic heterocycles. The zero-order valence-corrected chi connectivity index (χ0v) is 10.1. The van der Waals surface area contributed by atoms with Gasteiger partial charge in [0.1, 0.15) is 0 Å². The van der Waals surface area contributed by atoms with Crippen LogP contribution in [0.2, 0.25) is 0 Å². The Hall–Kier alpha value is -1.35. The first-order valence-electron chi connectivity index (χ1n) is 5.74. The summed E-state index contributed by atoms with van der Waals surface area (Å²) in [6, 6.07) is 8.47. The second-order valence-electron chi connectivity index (χ2n) is 4.06. The molecule has 2 heterocycles. The molecule has 3 heteroatoms. The van der Waals surface area contributed by atoms with Gasteiger partial charge in [0.25, 0.3) is 0 Å². The molecule has 0 unspecified atom stereocenters. The molecule has 0 aliphatic rings. The van der Waals surface area contributed by atoms with Gasteiger partial charge in [-0.2, -0.15) is 0 Å². The van der Waals surface area contributed by atoms with Crippen LogP contribution in [-0.2, 0) is 6.42 Å². The van der Waals surface area contributed by atoms with Crippen molar-refractivity contribution in [3.05, 3.63) is 36.2 Å². The number of aromatic nitrogens is 2. The first-order valence-corrected chi connectivity index (χ1v) is 6.55. The van der Waals surface area contributed by atoms with Gasteiger partial charge in [-0.15, -0.1) is 0 Å². The predicted octanol–water partition coefficient (Wildman–Crippen LogP) is 3.89. The maximum atomic E-state index is 4.67. The van der Waals surface area contributed by atoms with Crippen LogP contribution in [0.25, 0.3) is 15.2 Å². The van der Waals surface area contributed by atoms with Crippen LogP contribution in [0, 0.1) is 0 Å². The monoisotopic (exact) mass is 230 g/mol. The molecular weight excluding hydrogens is 216 g/mol. The number of benzene rings is 1. The number of unbranched alkanes of at least 4 members (excludes halogenated alkanes) is 1. The summed E-state index contributed by atoms with van der Waals surface area (Å²) in [5.74, 6) is 0. The Morgan fingerprint density at radius 3 is 3.06 bits per heavy atom. The van der Waals surface area contributed by atoms with Crippen LogP contribution in [-0.4, -0.2) is 9.38 Å². The first-order chi connectivity index (χ1) is 7.88. The molecule has 3 rings (SSSR count). The number of para-hydroxylation sites is 1. The third-order valence-electron chi connectivity index (χ3n) is 2.84. The van der Waals surface area contributed by atoms with Gasteiger partial charge in [0.05, 0.1) is 15.9 Å². The quantitative estimate of drug-likeness (QED) is 0.667. The van der Waals surface area contributed by atoms with E-state index in [0.29, 0.717) is 0 Å². The Morgan fingerprint density at radius 1 is 1.31 bits per heavy atom. The molecule has 0 atom stereocenters. The topological polar surface area (TPSA) is 17.3 Å². The smallest absolute Gasteiger partial charge is 0.194 e. The third kappa shape index (κ3) is 1.52. The minimum absolute atomic E-state index is 1.10. The Bertz CT molecular complexity index is 621. The molecule has 0 aliphatic carbocycles. The van der Waals surface area contributed by atoms with Crippen LogP contribution < -0.4 is 0 Å². The summed E-state index contributed by atoms with van der Waals surface area (Å²) < 4.78 is 3.53.